The van der Waals surface area contributed by atoms with E-state index in [1.165, 1.54) is 11.3 Å². The van der Waals surface area contributed by atoms with E-state index in [0.29, 0.717) is 0 Å². The SMILES string of the molecule is CN(C)c1cccc(-c2[c]cccc2)c1. The molecule has 75 valence electrons. The zero-order valence-electron chi connectivity index (χ0n) is 9.07. The Morgan fingerprint density at radius 2 is 1.87 bits per heavy atom. The van der Waals surface area contributed by atoms with Crippen molar-refractivity contribution in [2.45, 2.75) is 0 Å². The number of rotatable bonds is 2. The number of benzene rings is 2. The Hall–Kier alpha value is -1.76. The highest BCUT2D eigenvalue weighted by atomic mass is 15.1. The van der Waals surface area contributed by atoms with Crippen LogP contribution in [0.2, 0.25) is 0 Å². The molecule has 1 radical (unpaired) electrons. The molecule has 15 heavy (non-hydrogen) atoms. The van der Waals surface area contributed by atoms with Gasteiger partial charge in [0, 0.05) is 19.8 Å². The maximum atomic E-state index is 3.23. The Morgan fingerprint density at radius 3 is 2.53 bits per heavy atom. The second kappa shape index (κ2) is 4.18. The summed E-state index contributed by atoms with van der Waals surface area (Å²) in [6.45, 7) is 0. The van der Waals surface area contributed by atoms with Gasteiger partial charge in [0.05, 0.1) is 0 Å². The molecule has 0 fully saturated rings. The molecule has 1 heteroatoms. The van der Waals surface area contributed by atoms with E-state index in [0.717, 1.165) is 5.56 Å². The third kappa shape index (κ3) is 2.18. The molecule has 0 aromatic heterocycles. The predicted octanol–water partition coefficient (Wildman–Crippen LogP) is 3.22. The molecule has 0 aliphatic rings. The molecule has 0 N–H and O–H groups in total. The average molecular weight is 196 g/mol. The lowest BCUT2D eigenvalue weighted by molar-refractivity contribution is 1.13. The highest BCUT2D eigenvalue weighted by molar-refractivity contribution is 5.67. The van der Waals surface area contributed by atoms with Gasteiger partial charge in [-0.25, -0.2) is 0 Å². The van der Waals surface area contributed by atoms with E-state index in [9.17, 15) is 0 Å². The first-order chi connectivity index (χ1) is 7.27. The van der Waals surface area contributed by atoms with Gasteiger partial charge in [-0.2, -0.15) is 0 Å². The monoisotopic (exact) mass is 196 g/mol. The van der Waals surface area contributed by atoms with Gasteiger partial charge < -0.3 is 4.90 Å². The fraction of sp³-hybridized carbons (Fsp3) is 0.143. The summed E-state index contributed by atoms with van der Waals surface area (Å²) in [4.78, 5) is 2.10. The van der Waals surface area contributed by atoms with E-state index in [-0.39, 0.29) is 0 Å². The molecule has 2 rings (SSSR count). The average Bonchev–Trinajstić information content (AvgIpc) is 2.30. The summed E-state index contributed by atoms with van der Waals surface area (Å²) in [6, 6.07) is 19.7. The van der Waals surface area contributed by atoms with Crippen molar-refractivity contribution in [1.29, 1.82) is 0 Å². The Morgan fingerprint density at radius 1 is 1.00 bits per heavy atom. The lowest BCUT2D eigenvalue weighted by Crippen LogP contribution is -2.08. The van der Waals surface area contributed by atoms with Gasteiger partial charge in [-0.3, -0.25) is 0 Å². The first kappa shape index (κ1) is 9.78. The van der Waals surface area contributed by atoms with Gasteiger partial charge in [-0.15, -0.1) is 0 Å². The van der Waals surface area contributed by atoms with Crippen LogP contribution >= 0.6 is 0 Å². The topological polar surface area (TPSA) is 3.24 Å². The molecule has 0 unspecified atom stereocenters. The Balaban J connectivity index is 2.42. The molecular formula is C14H14N. The van der Waals surface area contributed by atoms with Gasteiger partial charge in [0.25, 0.3) is 0 Å². The molecule has 0 amide bonds. The quantitative estimate of drug-likeness (QED) is 0.712. The van der Waals surface area contributed by atoms with Crippen LogP contribution in [0, 0.1) is 6.07 Å². The summed E-state index contributed by atoms with van der Waals surface area (Å²) in [6.07, 6.45) is 0. The first-order valence-electron chi connectivity index (χ1n) is 5.02. The second-order valence-corrected chi connectivity index (χ2v) is 3.72. The van der Waals surface area contributed by atoms with Gasteiger partial charge in [0.15, 0.2) is 0 Å². The molecule has 0 heterocycles. The van der Waals surface area contributed by atoms with Crippen LogP contribution in [-0.4, -0.2) is 14.1 Å². The summed E-state index contributed by atoms with van der Waals surface area (Å²) >= 11 is 0. The van der Waals surface area contributed by atoms with E-state index >= 15 is 0 Å². The standard InChI is InChI=1S/C14H14N/c1-15(2)14-10-6-9-13(11-14)12-7-4-3-5-8-12/h3-7,9-11H,1-2H3. The van der Waals surface area contributed by atoms with Crippen LogP contribution < -0.4 is 4.90 Å². The van der Waals surface area contributed by atoms with Crippen LogP contribution in [0.15, 0.2) is 48.5 Å². The molecule has 0 saturated carbocycles. The summed E-state index contributed by atoms with van der Waals surface area (Å²) < 4.78 is 0. The van der Waals surface area contributed by atoms with E-state index in [2.05, 4.69) is 41.3 Å². The minimum absolute atomic E-state index is 1.14. The van der Waals surface area contributed by atoms with Crippen molar-refractivity contribution >= 4 is 5.69 Å². The maximum absolute atomic E-state index is 3.23. The van der Waals surface area contributed by atoms with E-state index in [4.69, 9.17) is 0 Å². The minimum Gasteiger partial charge on any atom is -0.378 e. The third-order valence-corrected chi connectivity index (χ3v) is 2.38. The van der Waals surface area contributed by atoms with Gasteiger partial charge in [-0.1, -0.05) is 36.4 Å². The van der Waals surface area contributed by atoms with Crippen LogP contribution in [0.25, 0.3) is 11.1 Å². The maximum Gasteiger partial charge on any atom is 0.0367 e. The molecule has 2 aromatic carbocycles. The molecule has 0 aliphatic carbocycles. The molecule has 2 aromatic rings. The fourth-order valence-corrected chi connectivity index (χ4v) is 1.52. The van der Waals surface area contributed by atoms with Gasteiger partial charge in [0.2, 0.25) is 0 Å². The van der Waals surface area contributed by atoms with Crippen molar-refractivity contribution in [3.8, 4) is 11.1 Å². The van der Waals surface area contributed by atoms with Crippen LogP contribution in [-0.2, 0) is 0 Å². The number of nitrogens with zero attached hydrogens (tertiary/aromatic N) is 1. The van der Waals surface area contributed by atoms with Gasteiger partial charge in [-0.05, 0) is 29.3 Å². The van der Waals surface area contributed by atoms with E-state index < -0.39 is 0 Å². The number of hydrogen-bond donors (Lipinski definition) is 0. The van der Waals surface area contributed by atoms with Crippen molar-refractivity contribution in [2.24, 2.45) is 0 Å². The molecule has 0 spiro atoms. The lowest BCUT2D eigenvalue weighted by Gasteiger charge is -2.13. The van der Waals surface area contributed by atoms with Crippen LogP contribution in [0.1, 0.15) is 0 Å². The zero-order chi connectivity index (χ0) is 10.7. The van der Waals surface area contributed by atoms with Gasteiger partial charge in [0.1, 0.15) is 0 Å². The Labute approximate surface area is 91.0 Å². The largest absolute Gasteiger partial charge is 0.378 e. The Bertz CT molecular complexity index is 432. The van der Waals surface area contributed by atoms with Crippen molar-refractivity contribution in [1.82, 2.24) is 0 Å². The van der Waals surface area contributed by atoms with Crippen molar-refractivity contribution in [3.63, 3.8) is 0 Å². The van der Waals surface area contributed by atoms with Crippen molar-refractivity contribution in [3.05, 3.63) is 54.6 Å². The first-order valence-corrected chi connectivity index (χ1v) is 5.02. The predicted molar refractivity (Wildman–Crippen MR) is 65.0 cm³/mol. The highest BCUT2D eigenvalue weighted by Crippen LogP contribution is 2.22. The lowest BCUT2D eigenvalue weighted by atomic mass is 10.1. The third-order valence-electron chi connectivity index (χ3n) is 2.38. The minimum atomic E-state index is 1.14. The smallest absolute Gasteiger partial charge is 0.0367 e. The number of hydrogen-bond acceptors (Lipinski definition) is 1. The van der Waals surface area contributed by atoms with E-state index in [1.54, 1.807) is 0 Å². The summed E-state index contributed by atoms with van der Waals surface area (Å²) in [5.41, 5.74) is 3.56. The van der Waals surface area contributed by atoms with Gasteiger partial charge >= 0.3 is 0 Å². The second-order valence-electron chi connectivity index (χ2n) is 3.72. The molecule has 1 nitrogen and oxygen atoms in total. The molecule has 0 atom stereocenters. The highest BCUT2D eigenvalue weighted by Gasteiger charge is 1.99. The molecular weight excluding hydrogens is 182 g/mol. The summed E-state index contributed by atoms with van der Waals surface area (Å²) in [5, 5.41) is 0. The van der Waals surface area contributed by atoms with Crippen LogP contribution in [0.3, 0.4) is 0 Å². The van der Waals surface area contributed by atoms with Crippen LogP contribution in [0.5, 0.6) is 0 Å². The van der Waals surface area contributed by atoms with Crippen molar-refractivity contribution in [2.75, 3.05) is 19.0 Å². The Kier molecular flexibility index (Phi) is 2.72. The summed E-state index contributed by atoms with van der Waals surface area (Å²) in [7, 11) is 4.10. The molecule has 0 aliphatic heterocycles. The summed E-state index contributed by atoms with van der Waals surface area (Å²) in [5.74, 6) is 0. The van der Waals surface area contributed by atoms with Crippen LogP contribution in [0.4, 0.5) is 5.69 Å². The number of anilines is 1. The fourth-order valence-electron chi connectivity index (χ4n) is 1.52. The normalized spacial score (nSPS) is 10.0. The molecule has 0 saturated heterocycles. The van der Waals surface area contributed by atoms with E-state index in [1.807, 2.05) is 32.3 Å². The van der Waals surface area contributed by atoms with Crippen molar-refractivity contribution < 1.29 is 0 Å². The zero-order valence-corrected chi connectivity index (χ0v) is 9.07. The molecule has 0 bridgehead atoms.